The summed E-state index contributed by atoms with van der Waals surface area (Å²) in [5.74, 6) is -0.297. The van der Waals surface area contributed by atoms with E-state index in [9.17, 15) is 22.8 Å². The number of nitrogens with two attached hydrogens (primary N) is 1. The lowest BCUT2D eigenvalue weighted by molar-refractivity contribution is -0.138. The maximum absolute atomic E-state index is 12.9. The molecule has 0 spiro atoms. The van der Waals surface area contributed by atoms with Crippen molar-refractivity contribution in [3.63, 3.8) is 0 Å². The number of pyridine rings is 1. The number of amides is 2. The van der Waals surface area contributed by atoms with E-state index < -0.39 is 17.6 Å². The lowest BCUT2D eigenvalue weighted by atomic mass is 9.96. The van der Waals surface area contributed by atoms with Gasteiger partial charge >= 0.3 is 6.18 Å². The summed E-state index contributed by atoms with van der Waals surface area (Å²) in [5, 5.41) is 3.84. The summed E-state index contributed by atoms with van der Waals surface area (Å²) in [6, 6.07) is 12.6. The number of hydrogen-bond acceptors (Lipinski definition) is 6. The fourth-order valence-electron chi connectivity index (χ4n) is 4.49. The minimum atomic E-state index is -4.49. The van der Waals surface area contributed by atoms with Crippen molar-refractivity contribution in [1.29, 1.82) is 0 Å². The van der Waals surface area contributed by atoms with E-state index in [0.29, 0.717) is 43.9 Å². The van der Waals surface area contributed by atoms with Crippen LogP contribution in [0.3, 0.4) is 0 Å². The molecule has 3 aromatic heterocycles. The van der Waals surface area contributed by atoms with Crippen LogP contribution in [0, 0.1) is 5.92 Å². The number of alkyl halides is 3. The number of nitrogens with zero attached hydrogens (tertiary/aromatic N) is 5. The molecule has 0 aliphatic carbocycles. The number of piperidine rings is 1. The second-order valence-corrected chi connectivity index (χ2v) is 9.12. The van der Waals surface area contributed by atoms with E-state index in [1.807, 2.05) is 35.0 Å². The number of anilines is 2. The van der Waals surface area contributed by atoms with Crippen LogP contribution in [-0.2, 0) is 17.5 Å². The molecule has 0 bridgehead atoms. The first kappa shape index (κ1) is 25.2. The number of benzene rings is 1. The summed E-state index contributed by atoms with van der Waals surface area (Å²) in [5.41, 5.74) is 6.50. The first-order valence-corrected chi connectivity index (χ1v) is 12.0. The molecule has 1 fully saturated rings. The molecule has 0 radical (unpaired) electrons. The average molecular weight is 524 g/mol. The highest BCUT2D eigenvalue weighted by atomic mass is 19.4. The van der Waals surface area contributed by atoms with Crippen LogP contribution in [0.25, 0.3) is 10.9 Å². The fourth-order valence-corrected chi connectivity index (χ4v) is 4.49. The third kappa shape index (κ3) is 5.43. The lowest BCUT2D eigenvalue weighted by Gasteiger charge is -2.31. The molecular formula is C26H24F3N7O2. The summed E-state index contributed by atoms with van der Waals surface area (Å²) in [6.07, 6.45) is -0.0313. The van der Waals surface area contributed by atoms with Crippen LogP contribution in [-0.4, -0.2) is 44.4 Å². The zero-order valence-corrected chi connectivity index (χ0v) is 20.2. The number of carbonyl (C=O) groups is 2. The lowest BCUT2D eigenvalue weighted by Crippen LogP contribution is -2.39. The van der Waals surface area contributed by atoms with Gasteiger partial charge in [-0.3, -0.25) is 9.59 Å². The van der Waals surface area contributed by atoms with Crippen LogP contribution in [0.15, 0.2) is 61.1 Å². The largest absolute Gasteiger partial charge is 0.419 e. The van der Waals surface area contributed by atoms with Gasteiger partial charge in [0.05, 0.1) is 17.8 Å². The molecule has 1 aliphatic rings. The quantitative estimate of drug-likeness (QED) is 0.396. The molecule has 1 aliphatic heterocycles. The Hall–Kier alpha value is -4.48. The van der Waals surface area contributed by atoms with Gasteiger partial charge in [-0.2, -0.15) is 13.2 Å². The van der Waals surface area contributed by atoms with E-state index in [4.69, 9.17) is 5.73 Å². The third-order valence-electron chi connectivity index (χ3n) is 6.56. The van der Waals surface area contributed by atoms with E-state index in [1.54, 1.807) is 23.1 Å². The number of aromatic nitrogens is 4. The topological polar surface area (TPSA) is 119 Å². The van der Waals surface area contributed by atoms with Gasteiger partial charge in [0.1, 0.15) is 5.82 Å². The predicted octanol–water partition coefficient (Wildman–Crippen LogP) is 3.85. The molecule has 38 heavy (non-hydrogen) atoms. The van der Waals surface area contributed by atoms with Crippen molar-refractivity contribution in [2.45, 2.75) is 25.6 Å². The minimum Gasteiger partial charge on any atom is -0.366 e. The van der Waals surface area contributed by atoms with Crippen molar-refractivity contribution < 1.29 is 22.8 Å². The number of rotatable bonds is 6. The molecule has 4 aromatic rings. The Morgan fingerprint density at radius 2 is 1.79 bits per heavy atom. The van der Waals surface area contributed by atoms with Gasteiger partial charge in [0.15, 0.2) is 0 Å². The molecule has 4 heterocycles. The van der Waals surface area contributed by atoms with E-state index in [-0.39, 0.29) is 17.8 Å². The molecule has 9 nitrogen and oxygen atoms in total. The van der Waals surface area contributed by atoms with Gasteiger partial charge < -0.3 is 20.5 Å². The van der Waals surface area contributed by atoms with Gasteiger partial charge in [-0.25, -0.2) is 15.0 Å². The third-order valence-corrected chi connectivity index (χ3v) is 6.56. The van der Waals surface area contributed by atoms with Gasteiger partial charge in [-0.1, -0.05) is 12.1 Å². The predicted molar refractivity (Wildman–Crippen MR) is 134 cm³/mol. The molecule has 2 amide bonds. The molecule has 1 saturated heterocycles. The SMILES string of the molecule is NC(=O)c1ccc2ccn(Cc3cccc(NC(=O)C4CCN(c5ncc(C(F)(F)F)cn5)CC4)n3)c2c1. The Labute approximate surface area is 215 Å². The summed E-state index contributed by atoms with van der Waals surface area (Å²) in [6.45, 7) is 1.33. The standard InChI is InChI=1S/C26H24F3N7O2/c27-26(28,29)19-13-31-25(32-14-19)35-9-7-17(8-10-35)24(38)34-22-3-1-2-20(33-22)15-36-11-6-16-4-5-18(23(30)37)12-21(16)36/h1-6,11-14,17H,7-10,15H2,(H2,30,37)(H,33,34,38). The normalized spacial score (nSPS) is 14.6. The molecule has 0 unspecified atom stereocenters. The number of nitrogens with one attached hydrogen (secondary N) is 1. The van der Waals surface area contributed by atoms with Crippen LogP contribution in [0.2, 0.25) is 0 Å². The van der Waals surface area contributed by atoms with Crippen LogP contribution < -0.4 is 16.0 Å². The summed E-state index contributed by atoms with van der Waals surface area (Å²) < 4.78 is 40.2. The van der Waals surface area contributed by atoms with Crippen LogP contribution in [0.1, 0.15) is 34.5 Å². The number of carbonyl (C=O) groups excluding carboxylic acids is 2. The number of fused-ring (bicyclic) bond motifs is 1. The highest BCUT2D eigenvalue weighted by molar-refractivity contribution is 5.97. The zero-order valence-electron chi connectivity index (χ0n) is 20.2. The minimum absolute atomic E-state index is 0.167. The summed E-state index contributed by atoms with van der Waals surface area (Å²) in [4.78, 5) is 38.5. The monoisotopic (exact) mass is 523 g/mol. The van der Waals surface area contributed by atoms with E-state index in [1.165, 1.54) is 0 Å². The smallest absolute Gasteiger partial charge is 0.366 e. The Morgan fingerprint density at radius 3 is 2.47 bits per heavy atom. The number of halogens is 3. The Balaban J connectivity index is 1.20. The van der Waals surface area contributed by atoms with E-state index in [2.05, 4.69) is 20.3 Å². The zero-order chi connectivity index (χ0) is 26.9. The molecule has 3 N–H and O–H groups in total. The molecule has 1 aromatic carbocycles. The second-order valence-electron chi connectivity index (χ2n) is 9.12. The van der Waals surface area contributed by atoms with Crippen LogP contribution >= 0.6 is 0 Å². The fraction of sp³-hybridized carbons (Fsp3) is 0.269. The molecular weight excluding hydrogens is 499 g/mol. The molecule has 12 heteroatoms. The van der Waals surface area contributed by atoms with Crippen molar-refractivity contribution in [2.24, 2.45) is 11.7 Å². The van der Waals surface area contributed by atoms with Crippen molar-refractivity contribution in [1.82, 2.24) is 19.5 Å². The summed E-state index contributed by atoms with van der Waals surface area (Å²) >= 11 is 0. The summed E-state index contributed by atoms with van der Waals surface area (Å²) in [7, 11) is 0. The number of primary amides is 1. The van der Waals surface area contributed by atoms with Crippen molar-refractivity contribution in [3.05, 3.63) is 77.9 Å². The van der Waals surface area contributed by atoms with Crippen LogP contribution in [0.5, 0.6) is 0 Å². The first-order valence-electron chi connectivity index (χ1n) is 12.0. The molecule has 5 rings (SSSR count). The van der Waals surface area contributed by atoms with Gasteiger partial charge in [0.25, 0.3) is 0 Å². The Morgan fingerprint density at radius 1 is 1.05 bits per heavy atom. The molecule has 0 atom stereocenters. The molecule has 196 valence electrons. The average Bonchev–Trinajstić information content (AvgIpc) is 3.30. The highest BCUT2D eigenvalue weighted by Crippen LogP contribution is 2.29. The maximum atomic E-state index is 12.9. The first-order chi connectivity index (χ1) is 18.2. The molecule has 0 saturated carbocycles. The van der Waals surface area contributed by atoms with Gasteiger partial charge in [-0.15, -0.1) is 0 Å². The Kier molecular flexibility index (Phi) is 6.70. The second kappa shape index (κ2) is 10.1. The van der Waals surface area contributed by atoms with Gasteiger partial charge in [-0.05, 0) is 48.6 Å². The van der Waals surface area contributed by atoms with Gasteiger partial charge in [0, 0.05) is 48.7 Å². The van der Waals surface area contributed by atoms with Crippen molar-refractivity contribution in [2.75, 3.05) is 23.3 Å². The van der Waals surface area contributed by atoms with E-state index in [0.717, 1.165) is 29.0 Å². The number of hydrogen-bond donors (Lipinski definition) is 2. The van der Waals surface area contributed by atoms with E-state index >= 15 is 0 Å². The maximum Gasteiger partial charge on any atom is 0.419 e. The van der Waals surface area contributed by atoms with Crippen molar-refractivity contribution >= 4 is 34.5 Å². The van der Waals surface area contributed by atoms with Crippen LogP contribution in [0.4, 0.5) is 24.9 Å². The van der Waals surface area contributed by atoms with Crippen molar-refractivity contribution in [3.8, 4) is 0 Å². The van der Waals surface area contributed by atoms with Gasteiger partial charge in [0.2, 0.25) is 17.8 Å². The Bertz CT molecular complexity index is 1480. The highest BCUT2D eigenvalue weighted by Gasteiger charge is 2.32.